The van der Waals surface area contributed by atoms with Crippen LogP contribution in [0.1, 0.15) is 38.9 Å². The number of nitrogens with two attached hydrogens (primary N) is 1. The molecule has 21 heavy (non-hydrogen) atoms. The molecule has 0 saturated carbocycles. The zero-order valence-electron chi connectivity index (χ0n) is 12.3. The van der Waals surface area contributed by atoms with E-state index in [-0.39, 0.29) is 18.0 Å². The van der Waals surface area contributed by atoms with Crippen molar-refractivity contribution in [3.05, 3.63) is 64.5 Å². The molecule has 1 aliphatic rings. The van der Waals surface area contributed by atoms with Crippen LogP contribution in [0.25, 0.3) is 0 Å². The Morgan fingerprint density at radius 3 is 2.76 bits per heavy atom. The SMILES string of the molecule is Cc1ccc(C(=O)NC2c3ccccc3CC2N)c(C)n1. The topological polar surface area (TPSA) is 68.0 Å². The Bertz CT molecular complexity index is 696. The second-order valence-electron chi connectivity index (χ2n) is 5.60. The minimum absolute atomic E-state index is 0.0786. The molecule has 2 atom stereocenters. The highest BCUT2D eigenvalue weighted by molar-refractivity contribution is 5.95. The molecule has 2 unspecified atom stereocenters. The van der Waals surface area contributed by atoms with E-state index in [4.69, 9.17) is 5.73 Å². The first-order valence-electron chi connectivity index (χ1n) is 7.15. The van der Waals surface area contributed by atoms with Crippen LogP contribution in [0.2, 0.25) is 0 Å². The number of fused-ring (bicyclic) bond motifs is 1. The lowest BCUT2D eigenvalue weighted by atomic mass is 10.1. The first kappa shape index (κ1) is 13.8. The number of carbonyl (C=O) groups excluding carboxylic acids is 1. The van der Waals surface area contributed by atoms with E-state index in [1.165, 1.54) is 5.56 Å². The van der Waals surface area contributed by atoms with Crippen molar-refractivity contribution in [2.24, 2.45) is 5.73 Å². The molecule has 1 heterocycles. The fraction of sp³-hybridized carbons (Fsp3) is 0.294. The molecule has 1 aromatic heterocycles. The predicted molar refractivity (Wildman–Crippen MR) is 82.0 cm³/mol. The van der Waals surface area contributed by atoms with Crippen molar-refractivity contribution in [2.75, 3.05) is 0 Å². The molecular weight excluding hydrogens is 262 g/mol. The highest BCUT2D eigenvalue weighted by atomic mass is 16.1. The molecule has 108 valence electrons. The molecule has 3 N–H and O–H groups in total. The van der Waals surface area contributed by atoms with Crippen molar-refractivity contribution in [2.45, 2.75) is 32.4 Å². The number of amides is 1. The van der Waals surface area contributed by atoms with Gasteiger partial charge in [0.25, 0.3) is 5.91 Å². The van der Waals surface area contributed by atoms with Crippen molar-refractivity contribution in [1.82, 2.24) is 10.3 Å². The molecule has 1 aliphatic carbocycles. The van der Waals surface area contributed by atoms with Gasteiger partial charge in [-0.2, -0.15) is 0 Å². The van der Waals surface area contributed by atoms with Gasteiger partial charge < -0.3 is 11.1 Å². The first-order chi connectivity index (χ1) is 10.1. The van der Waals surface area contributed by atoms with Crippen LogP contribution in [0, 0.1) is 13.8 Å². The largest absolute Gasteiger partial charge is 0.344 e. The normalized spacial score (nSPS) is 20.1. The Hall–Kier alpha value is -2.20. The summed E-state index contributed by atoms with van der Waals surface area (Å²) < 4.78 is 0. The van der Waals surface area contributed by atoms with Gasteiger partial charge in [0.15, 0.2) is 0 Å². The average molecular weight is 281 g/mol. The number of rotatable bonds is 2. The van der Waals surface area contributed by atoms with Crippen LogP contribution < -0.4 is 11.1 Å². The van der Waals surface area contributed by atoms with Crippen LogP contribution in [0.5, 0.6) is 0 Å². The Kier molecular flexibility index (Phi) is 3.47. The van der Waals surface area contributed by atoms with Gasteiger partial charge in [0.2, 0.25) is 0 Å². The van der Waals surface area contributed by atoms with Gasteiger partial charge in [-0.1, -0.05) is 24.3 Å². The molecule has 0 saturated heterocycles. The van der Waals surface area contributed by atoms with Gasteiger partial charge in [-0.15, -0.1) is 0 Å². The van der Waals surface area contributed by atoms with Gasteiger partial charge in [-0.25, -0.2) is 0 Å². The molecular formula is C17H19N3O. The van der Waals surface area contributed by atoms with Gasteiger partial charge in [-0.3, -0.25) is 9.78 Å². The maximum atomic E-state index is 12.5. The summed E-state index contributed by atoms with van der Waals surface area (Å²) in [6.07, 6.45) is 0.798. The monoisotopic (exact) mass is 281 g/mol. The lowest BCUT2D eigenvalue weighted by Gasteiger charge is -2.19. The summed E-state index contributed by atoms with van der Waals surface area (Å²) >= 11 is 0. The summed E-state index contributed by atoms with van der Waals surface area (Å²) in [5.74, 6) is -0.114. The number of hydrogen-bond acceptors (Lipinski definition) is 3. The van der Waals surface area contributed by atoms with Crippen LogP contribution in [0.15, 0.2) is 36.4 Å². The lowest BCUT2D eigenvalue weighted by molar-refractivity contribution is 0.0932. The van der Waals surface area contributed by atoms with Gasteiger partial charge >= 0.3 is 0 Å². The minimum Gasteiger partial charge on any atom is -0.344 e. The van der Waals surface area contributed by atoms with E-state index in [9.17, 15) is 4.79 Å². The molecule has 0 radical (unpaired) electrons. The summed E-state index contributed by atoms with van der Waals surface area (Å²) in [4.78, 5) is 16.8. The van der Waals surface area contributed by atoms with Crippen molar-refractivity contribution < 1.29 is 4.79 Å². The lowest BCUT2D eigenvalue weighted by Crippen LogP contribution is -2.38. The Balaban J connectivity index is 1.85. The van der Waals surface area contributed by atoms with Gasteiger partial charge in [0.1, 0.15) is 0 Å². The smallest absolute Gasteiger partial charge is 0.253 e. The van der Waals surface area contributed by atoms with E-state index in [0.717, 1.165) is 23.4 Å². The fourth-order valence-electron chi connectivity index (χ4n) is 2.96. The number of nitrogens with one attached hydrogen (secondary N) is 1. The molecule has 0 bridgehead atoms. The summed E-state index contributed by atoms with van der Waals surface area (Å²) in [6, 6.07) is 11.6. The minimum atomic E-state index is -0.130. The zero-order chi connectivity index (χ0) is 15.0. The molecule has 4 nitrogen and oxygen atoms in total. The van der Waals surface area contributed by atoms with E-state index >= 15 is 0 Å². The standard InChI is InChI=1S/C17H19N3O/c1-10-7-8-13(11(2)19-10)17(21)20-16-14-6-4-3-5-12(14)9-15(16)18/h3-8,15-16H,9,18H2,1-2H3,(H,20,21). The van der Waals surface area contributed by atoms with Crippen LogP contribution in [-0.2, 0) is 6.42 Å². The van der Waals surface area contributed by atoms with E-state index in [1.807, 2.05) is 44.2 Å². The Morgan fingerprint density at radius 1 is 1.24 bits per heavy atom. The Morgan fingerprint density at radius 2 is 2.00 bits per heavy atom. The third-order valence-corrected chi connectivity index (χ3v) is 4.03. The maximum Gasteiger partial charge on any atom is 0.253 e. The molecule has 0 spiro atoms. The van der Waals surface area contributed by atoms with Crippen LogP contribution in [0.3, 0.4) is 0 Å². The number of aromatic nitrogens is 1. The van der Waals surface area contributed by atoms with Gasteiger partial charge in [-0.05, 0) is 43.5 Å². The average Bonchev–Trinajstić information content (AvgIpc) is 2.75. The number of pyridine rings is 1. The van der Waals surface area contributed by atoms with Crippen molar-refractivity contribution in [3.63, 3.8) is 0 Å². The van der Waals surface area contributed by atoms with Crippen molar-refractivity contribution in [1.29, 1.82) is 0 Å². The fourth-order valence-corrected chi connectivity index (χ4v) is 2.96. The zero-order valence-corrected chi connectivity index (χ0v) is 12.3. The van der Waals surface area contributed by atoms with E-state index < -0.39 is 0 Å². The highest BCUT2D eigenvalue weighted by Gasteiger charge is 2.31. The van der Waals surface area contributed by atoms with E-state index in [0.29, 0.717) is 5.56 Å². The molecule has 1 aromatic carbocycles. The quantitative estimate of drug-likeness (QED) is 0.885. The number of hydrogen-bond donors (Lipinski definition) is 2. The number of aryl methyl sites for hydroxylation is 2. The summed E-state index contributed by atoms with van der Waals surface area (Å²) in [5, 5.41) is 3.06. The number of benzene rings is 1. The number of carbonyl (C=O) groups is 1. The maximum absolute atomic E-state index is 12.5. The van der Waals surface area contributed by atoms with Crippen LogP contribution >= 0.6 is 0 Å². The Labute approximate surface area is 124 Å². The third kappa shape index (κ3) is 2.54. The van der Waals surface area contributed by atoms with E-state index in [2.05, 4.69) is 16.4 Å². The molecule has 3 rings (SSSR count). The van der Waals surface area contributed by atoms with Gasteiger partial charge in [0, 0.05) is 11.7 Å². The summed E-state index contributed by atoms with van der Waals surface area (Å²) in [5.41, 5.74) is 10.8. The van der Waals surface area contributed by atoms with Crippen LogP contribution in [0.4, 0.5) is 0 Å². The second kappa shape index (κ2) is 5.30. The predicted octanol–water partition coefficient (Wildman–Crippen LogP) is 2.05. The summed E-state index contributed by atoms with van der Waals surface area (Å²) in [6.45, 7) is 3.77. The molecule has 4 heteroatoms. The number of nitrogens with zero attached hydrogens (tertiary/aromatic N) is 1. The van der Waals surface area contributed by atoms with E-state index in [1.54, 1.807) is 0 Å². The van der Waals surface area contributed by atoms with Crippen molar-refractivity contribution in [3.8, 4) is 0 Å². The van der Waals surface area contributed by atoms with Crippen LogP contribution in [-0.4, -0.2) is 16.9 Å². The second-order valence-corrected chi connectivity index (χ2v) is 5.60. The first-order valence-corrected chi connectivity index (χ1v) is 7.15. The molecule has 0 fully saturated rings. The van der Waals surface area contributed by atoms with Crippen molar-refractivity contribution >= 4 is 5.91 Å². The van der Waals surface area contributed by atoms with Gasteiger partial charge in [0.05, 0.1) is 17.3 Å². The summed E-state index contributed by atoms with van der Waals surface area (Å²) in [7, 11) is 0. The highest BCUT2D eigenvalue weighted by Crippen LogP contribution is 2.30. The third-order valence-electron chi connectivity index (χ3n) is 4.03. The molecule has 2 aromatic rings. The molecule has 1 amide bonds. The molecule has 0 aliphatic heterocycles.